The number of aromatic nitrogens is 2. The maximum absolute atomic E-state index is 10.9. The van der Waals surface area contributed by atoms with E-state index in [1.807, 2.05) is 0 Å². The highest BCUT2D eigenvalue weighted by Gasteiger charge is 2.15. The number of rotatable bonds is 5. The van der Waals surface area contributed by atoms with Crippen LogP contribution in [0.2, 0.25) is 0 Å². The summed E-state index contributed by atoms with van der Waals surface area (Å²) in [4.78, 5) is 29.3. The topological polar surface area (TPSA) is 140 Å². The Kier molecular flexibility index (Phi) is 3.93. The van der Waals surface area contributed by atoms with E-state index in [1.54, 1.807) is 0 Å². The average Bonchev–Trinajstić information content (AvgIpc) is 2.47. The smallest absolute Gasteiger partial charge is 0.335 e. The fourth-order valence-electron chi connectivity index (χ4n) is 1.60. The monoisotopic (exact) mass is 289 g/mol. The van der Waals surface area contributed by atoms with Crippen LogP contribution in [0.25, 0.3) is 0 Å². The van der Waals surface area contributed by atoms with Crippen LogP contribution in [0.3, 0.4) is 0 Å². The Balaban J connectivity index is 2.36. The molecular weight excluding hydrogens is 278 g/mol. The zero-order chi connectivity index (χ0) is 15.4. The molecule has 0 fully saturated rings. The fourth-order valence-corrected chi connectivity index (χ4v) is 1.60. The van der Waals surface area contributed by atoms with Crippen LogP contribution < -0.4 is 15.8 Å². The lowest BCUT2D eigenvalue weighted by atomic mass is 10.2. The van der Waals surface area contributed by atoms with Crippen molar-refractivity contribution in [3.8, 4) is 5.88 Å². The van der Waals surface area contributed by atoms with Crippen molar-refractivity contribution in [3.63, 3.8) is 0 Å². The summed E-state index contributed by atoms with van der Waals surface area (Å²) in [7, 11) is 1.32. The second-order valence-electron chi connectivity index (χ2n) is 3.89. The van der Waals surface area contributed by atoms with E-state index in [0.29, 0.717) is 5.69 Å². The Hall–Kier alpha value is -3.23. The van der Waals surface area contributed by atoms with Crippen molar-refractivity contribution in [3.05, 3.63) is 34.7 Å². The molecule has 4 N–H and O–H groups in total. The lowest BCUT2D eigenvalue weighted by Gasteiger charge is -2.10. The van der Waals surface area contributed by atoms with Crippen LogP contribution in [0.4, 0.5) is 23.1 Å². The molecule has 0 atom stereocenters. The van der Waals surface area contributed by atoms with Gasteiger partial charge in [0.25, 0.3) is 5.88 Å². The van der Waals surface area contributed by atoms with E-state index in [9.17, 15) is 9.70 Å². The molecule has 0 saturated heterocycles. The summed E-state index contributed by atoms with van der Waals surface area (Å²) in [5.74, 6) is -1.12. The van der Waals surface area contributed by atoms with Gasteiger partial charge in [0.05, 0.1) is 12.7 Å². The van der Waals surface area contributed by atoms with Gasteiger partial charge in [-0.25, -0.2) is 4.79 Å². The molecule has 0 aliphatic rings. The minimum atomic E-state index is -1.04. The first-order valence-corrected chi connectivity index (χ1v) is 5.70. The highest BCUT2D eigenvalue weighted by atomic mass is 16.5. The highest BCUT2D eigenvalue weighted by Crippen LogP contribution is 2.34. The number of ether oxygens (including phenoxy) is 1. The van der Waals surface area contributed by atoms with Crippen LogP contribution in [-0.4, -0.2) is 28.2 Å². The fraction of sp³-hybridized carbons (Fsp3) is 0.0833. The number of aromatic carboxylic acids is 1. The number of methoxy groups -OCH3 is 1. The molecule has 0 saturated carbocycles. The molecule has 0 aliphatic heterocycles. The van der Waals surface area contributed by atoms with Crippen LogP contribution in [-0.2, 0) is 0 Å². The van der Waals surface area contributed by atoms with E-state index in [1.165, 1.54) is 31.4 Å². The minimum Gasteiger partial charge on any atom is -0.479 e. The van der Waals surface area contributed by atoms with E-state index in [-0.39, 0.29) is 28.9 Å². The van der Waals surface area contributed by atoms with Gasteiger partial charge in [-0.1, -0.05) is 0 Å². The van der Waals surface area contributed by atoms with Crippen LogP contribution in [0.5, 0.6) is 5.88 Å². The molecule has 0 amide bonds. The molecule has 1 aromatic carbocycles. The van der Waals surface area contributed by atoms with Crippen LogP contribution >= 0.6 is 0 Å². The lowest BCUT2D eigenvalue weighted by molar-refractivity contribution is 0.0697. The normalized spacial score (nSPS) is 9.95. The molecule has 2 rings (SSSR count). The van der Waals surface area contributed by atoms with Crippen LogP contribution in [0.1, 0.15) is 10.4 Å². The molecule has 9 nitrogen and oxygen atoms in total. The summed E-state index contributed by atoms with van der Waals surface area (Å²) in [6.45, 7) is 0. The summed E-state index contributed by atoms with van der Waals surface area (Å²) < 4.78 is 4.90. The number of nitrogens with two attached hydrogens (primary N) is 1. The standard InChI is InChI=1S/C12H11N5O4/c1-21-10-8(17-20)9(15-12(13)16-10)14-7-4-2-6(3-5-7)11(18)19/h2-5H,1H3,(H,18,19)(H3,13,14,15,16). The van der Waals surface area contributed by atoms with E-state index < -0.39 is 5.97 Å². The molecule has 1 heterocycles. The van der Waals surface area contributed by atoms with Crippen LogP contribution in [0.15, 0.2) is 29.4 Å². The number of nitrogens with one attached hydrogen (secondary N) is 1. The van der Waals surface area contributed by atoms with Crippen molar-refractivity contribution in [2.24, 2.45) is 5.18 Å². The van der Waals surface area contributed by atoms with E-state index >= 15 is 0 Å². The molecule has 0 aliphatic carbocycles. The predicted octanol–water partition coefficient (Wildman–Crippen LogP) is 1.91. The minimum absolute atomic E-state index is 0.0536. The van der Waals surface area contributed by atoms with Crippen molar-refractivity contribution in [1.29, 1.82) is 0 Å². The summed E-state index contributed by atoms with van der Waals surface area (Å²) in [5, 5.41) is 14.4. The number of carboxylic acid groups (broad SMARTS) is 1. The van der Waals surface area contributed by atoms with Crippen molar-refractivity contribution >= 4 is 29.1 Å². The Morgan fingerprint density at radius 3 is 2.52 bits per heavy atom. The van der Waals surface area contributed by atoms with Gasteiger partial charge in [-0.3, -0.25) is 0 Å². The van der Waals surface area contributed by atoms with Gasteiger partial charge in [-0.15, -0.1) is 4.91 Å². The number of hydrogen-bond acceptors (Lipinski definition) is 8. The number of nitrogens with zero attached hydrogens (tertiary/aromatic N) is 3. The van der Waals surface area contributed by atoms with Gasteiger partial charge in [-0.05, 0) is 29.4 Å². The molecule has 21 heavy (non-hydrogen) atoms. The van der Waals surface area contributed by atoms with Crippen molar-refractivity contribution in [2.45, 2.75) is 0 Å². The van der Waals surface area contributed by atoms with Crippen molar-refractivity contribution < 1.29 is 14.6 Å². The number of benzene rings is 1. The van der Waals surface area contributed by atoms with E-state index in [4.69, 9.17) is 15.6 Å². The van der Waals surface area contributed by atoms with Crippen molar-refractivity contribution in [1.82, 2.24) is 9.97 Å². The molecule has 108 valence electrons. The van der Waals surface area contributed by atoms with Gasteiger partial charge in [-0.2, -0.15) is 9.97 Å². The third kappa shape index (κ3) is 3.03. The quantitative estimate of drug-likeness (QED) is 0.709. The molecule has 0 spiro atoms. The maximum atomic E-state index is 10.9. The number of nitrogen functional groups attached to an aromatic ring is 1. The zero-order valence-corrected chi connectivity index (χ0v) is 10.9. The Bertz CT molecular complexity index is 687. The van der Waals surface area contributed by atoms with Crippen LogP contribution in [0, 0.1) is 4.91 Å². The molecule has 1 aromatic heterocycles. The average molecular weight is 289 g/mol. The lowest BCUT2D eigenvalue weighted by Crippen LogP contribution is -2.03. The van der Waals surface area contributed by atoms with Gasteiger partial charge in [0.1, 0.15) is 0 Å². The Morgan fingerprint density at radius 2 is 2.00 bits per heavy atom. The third-order valence-corrected chi connectivity index (χ3v) is 2.55. The highest BCUT2D eigenvalue weighted by molar-refractivity contribution is 5.88. The first-order valence-electron chi connectivity index (χ1n) is 5.70. The summed E-state index contributed by atoms with van der Waals surface area (Å²) >= 11 is 0. The molecular formula is C12H11N5O4. The largest absolute Gasteiger partial charge is 0.479 e. The second kappa shape index (κ2) is 5.82. The molecule has 0 radical (unpaired) electrons. The summed E-state index contributed by atoms with van der Waals surface area (Å²) in [6.07, 6.45) is 0. The third-order valence-electron chi connectivity index (χ3n) is 2.55. The Morgan fingerprint density at radius 1 is 1.33 bits per heavy atom. The number of carboxylic acids is 1. The van der Waals surface area contributed by atoms with Gasteiger partial charge >= 0.3 is 5.97 Å². The number of anilines is 3. The maximum Gasteiger partial charge on any atom is 0.335 e. The number of nitroso groups, excluding NO2 is 1. The van der Waals surface area contributed by atoms with E-state index in [0.717, 1.165) is 0 Å². The molecule has 0 bridgehead atoms. The van der Waals surface area contributed by atoms with Crippen molar-refractivity contribution in [2.75, 3.05) is 18.2 Å². The number of carbonyl (C=O) groups is 1. The molecule has 0 unspecified atom stereocenters. The first-order chi connectivity index (χ1) is 10.0. The summed E-state index contributed by atoms with van der Waals surface area (Å²) in [5.41, 5.74) is 6.02. The van der Waals surface area contributed by atoms with Gasteiger partial charge in [0, 0.05) is 5.69 Å². The van der Waals surface area contributed by atoms with Gasteiger partial charge in [0.2, 0.25) is 11.6 Å². The number of hydrogen-bond donors (Lipinski definition) is 3. The SMILES string of the molecule is COc1nc(N)nc(Nc2ccc(C(=O)O)cc2)c1N=O. The first kappa shape index (κ1) is 14.2. The summed E-state index contributed by atoms with van der Waals surface area (Å²) in [6, 6.07) is 5.84. The Labute approximate surface area is 118 Å². The van der Waals surface area contributed by atoms with E-state index in [2.05, 4.69) is 20.5 Å². The molecule has 9 heteroatoms. The second-order valence-corrected chi connectivity index (χ2v) is 3.89. The van der Waals surface area contributed by atoms with Gasteiger partial charge in [0.15, 0.2) is 5.82 Å². The zero-order valence-electron chi connectivity index (χ0n) is 10.9. The van der Waals surface area contributed by atoms with Gasteiger partial charge < -0.3 is 20.9 Å². The predicted molar refractivity (Wildman–Crippen MR) is 75.1 cm³/mol. The molecule has 2 aromatic rings.